The first-order valence-electron chi connectivity index (χ1n) is 7.82. The van der Waals surface area contributed by atoms with Crippen molar-refractivity contribution in [1.82, 2.24) is 5.32 Å². The SMILES string of the molecule is Cc1ccc(SC2CCCC(NC3CC3)(C(=O)O)C2)cc1. The summed E-state index contributed by atoms with van der Waals surface area (Å²) in [5, 5.41) is 13.5. The molecule has 2 N–H and O–H groups in total. The average molecular weight is 305 g/mol. The predicted octanol–water partition coefficient (Wildman–Crippen LogP) is 3.61. The minimum atomic E-state index is -0.693. The van der Waals surface area contributed by atoms with E-state index in [1.165, 1.54) is 10.5 Å². The number of hydrogen-bond acceptors (Lipinski definition) is 3. The van der Waals surface area contributed by atoms with E-state index in [1.54, 1.807) is 0 Å². The number of nitrogens with one attached hydrogen (secondary N) is 1. The second kappa shape index (κ2) is 6.01. The monoisotopic (exact) mass is 305 g/mol. The Morgan fingerprint density at radius 1 is 1.29 bits per heavy atom. The number of aryl methyl sites for hydroxylation is 1. The smallest absolute Gasteiger partial charge is 0.323 e. The Bertz CT molecular complexity index is 512. The first kappa shape index (κ1) is 14.9. The number of hydrogen-bond donors (Lipinski definition) is 2. The molecule has 1 aromatic rings. The third kappa shape index (κ3) is 3.61. The van der Waals surface area contributed by atoms with Crippen molar-refractivity contribution in [2.24, 2.45) is 0 Å². The lowest BCUT2D eigenvalue weighted by Gasteiger charge is -2.38. The van der Waals surface area contributed by atoms with E-state index in [9.17, 15) is 9.90 Å². The fourth-order valence-electron chi connectivity index (χ4n) is 3.14. The molecule has 4 heteroatoms. The number of thioether (sulfide) groups is 1. The third-order valence-corrected chi connectivity index (χ3v) is 5.78. The lowest BCUT2D eigenvalue weighted by atomic mass is 9.81. The van der Waals surface area contributed by atoms with E-state index in [-0.39, 0.29) is 0 Å². The molecule has 0 spiro atoms. The van der Waals surface area contributed by atoms with Crippen LogP contribution in [0.15, 0.2) is 29.2 Å². The van der Waals surface area contributed by atoms with E-state index in [2.05, 4.69) is 36.5 Å². The van der Waals surface area contributed by atoms with Gasteiger partial charge in [-0.15, -0.1) is 11.8 Å². The third-order valence-electron chi connectivity index (χ3n) is 4.50. The lowest BCUT2D eigenvalue weighted by Crippen LogP contribution is -2.56. The zero-order valence-electron chi connectivity index (χ0n) is 12.5. The van der Waals surface area contributed by atoms with E-state index < -0.39 is 11.5 Å². The van der Waals surface area contributed by atoms with Crippen LogP contribution >= 0.6 is 11.8 Å². The molecule has 0 aliphatic heterocycles. The van der Waals surface area contributed by atoms with Crippen LogP contribution in [0.5, 0.6) is 0 Å². The van der Waals surface area contributed by atoms with Crippen LogP contribution < -0.4 is 5.32 Å². The van der Waals surface area contributed by atoms with Gasteiger partial charge in [0, 0.05) is 16.2 Å². The van der Waals surface area contributed by atoms with Crippen molar-refractivity contribution >= 4 is 17.7 Å². The summed E-state index contributed by atoms with van der Waals surface area (Å²) in [5.74, 6) is -0.663. The number of carboxylic acid groups (broad SMARTS) is 1. The van der Waals surface area contributed by atoms with Crippen LogP contribution in [0, 0.1) is 6.92 Å². The highest BCUT2D eigenvalue weighted by atomic mass is 32.2. The molecule has 3 nitrogen and oxygen atoms in total. The van der Waals surface area contributed by atoms with Gasteiger partial charge in [0.25, 0.3) is 0 Å². The van der Waals surface area contributed by atoms with E-state index in [0.29, 0.717) is 11.3 Å². The summed E-state index contributed by atoms with van der Waals surface area (Å²) in [7, 11) is 0. The summed E-state index contributed by atoms with van der Waals surface area (Å²) in [4.78, 5) is 13.1. The van der Waals surface area contributed by atoms with Gasteiger partial charge in [-0.25, -0.2) is 0 Å². The van der Waals surface area contributed by atoms with Crippen molar-refractivity contribution in [3.8, 4) is 0 Å². The number of benzene rings is 1. The molecule has 0 heterocycles. The second-order valence-electron chi connectivity index (χ2n) is 6.46. The normalized spacial score (nSPS) is 29.3. The van der Waals surface area contributed by atoms with E-state index in [0.717, 1.165) is 38.5 Å². The minimum Gasteiger partial charge on any atom is -0.480 e. The first-order chi connectivity index (χ1) is 10.1. The van der Waals surface area contributed by atoms with Gasteiger partial charge in [0.2, 0.25) is 0 Å². The van der Waals surface area contributed by atoms with E-state index >= 15 is 0 Å². The van der Waals surface area contributed by atoms with Gasteiger partial charge in [0.1, 0.15) is 5.54 Å². The van der Waals surface area contributed by atoms with Crippen molar-refractivity contribution in [1.29, 1.82) is 0 Å². The summed E-state index contributed by atoms with van der Waals surface area (Å²) in [5.41, 5.74) is 0.570. The highest BCUT2D eigenvalue weighted by molar-refractivity contribution is 8.00. The molecule has 2 atom stereocenters. The minimum absolute atomic E-state index is 0.392. The van der Waals surface area contributed by atoms with Gasteiger partial charge in [-0.2, -0.15) is 0 Å². The lowest BCUT2D eigenvalue weighted by molar-refractivity contribution is -0.146. The molecule has 21 heavy (non-hydrogen) atoms. The van der Waals surface area contributed by atoms with E-state index in [4.69, 9.17) is 0 Å². The molecule has 2 fully saturated rings. The Hall–Kier alpha value is -1.00. The summed E-state index contributed by atoms with van der Waals surface area (Å²) in [6, 6.07) is 8.97. The van der Waals surface area contributed by atoms with Crippen LogP contribution in [0.2, 0.25) is 0 Å². The van der Waals surface area contributed by atoms with Crippen LogP contribution in [0.3, 0.4) is 0 Å². The average Bonchev–Trinajstić information content (AvgIpc) is 3.25. The molecule has 2 aliphatic carbocycles. The largest absolute Gasteiger partial charge is 0.480 e. The molecule has 0 radical (unpaired) electrons. The van der Waals surface area contributed by atoms with Gasteiger partial charge in [-0.1, -0.05) is 17.7 Å². The molecule has 1 aromatic carbocycles. The van der Waals surface area contributed by atoms with Crippen molar-refractivity contribution in [3.05, 3.63) is 29.8 Å². The van der Waals surface area contributed by atoms with Crippen molar-refractivity contribution in [2.75, 3.05) is 0 Å². The van der Waals surface area contributed by atoms with Gasteiger partial charge in [0.05, 0.1) is 0 Å². The molecule has 0 saturated heterocycles. The predicted molar refractivity (Wildman–Crippen MR) is 85.8 cm³/mol. The zero-order valence-corrected chi connectivity index (χ0v) is 13.3. The Balaban J connectivity index is 1.68. The van der Waals surface area contributed by atoms with Gasteiger partial charge in [-0.05, 0) is 57.6 Å². The van der Waals surface area contributed by atoms with Crippen LogP contribution in [0.4, 0.5) is 0 Å². The number of carbonyl (C=O) groups is 1. The fourth-order valence-corrected chi connectivity index (χ4v) is 4.47. The summed E-state index contributed by atoms with van der Waals surface area (Å²) in [6.45, 7) is 2.09. The molecular weight excluding hydrogens is 282 g/mol. The van der Waals surface area contributed by atoms with Gasteiger partial charge in [-0.3, -0.25) is 10.1 Å². The topological polar surface area (TPSA) is 49.3 Å². The van der Waals surface area contributed by atoms with E-state index in [1.807, 2.05) is 11.8 Å². The molecule has 2 unspecified atom stereocenters. The van der Waals surface area contributed by atoms with Crippen molar-refractivity contribution in [3.63, 3.8) is 0 Å². The van der Waals surface area contributed by atoms with Crippen LogP contribution in [-0.4, -0.2) is 27.9 Å². The molecule has 2 aliphatic rings. The van der Waals surface area contributed by atoms with Crippen LogP contribution in [-0.2, 0) is 4.79 Å². The summed E-state index contributed by atoms with van der Waals surface area (Å²) < 4.78 is 0. The van der Waals surface area contributed by atoms with Crippen LogP contribution in [0.1, 0.15) is 44.1 Å². The zero-order chi connectivity index (χ0) is 14.9. The summed E-state index contributed by atoms with van der Waals surface area (Å²) in [6.07, 6.45) is 5.87. The highest BCUT2D eigenvalue weighted by Crippen LogP contribution is 2.40. The molecular formula is C17H23NO2S. The Kier molecular flexibility index (Phi) is 4.27. The molecule has 2 saturated carbocycles. The van der Waals surface area contributed by atoms with Crippen LogP contribution in [0.25, 0.3) is 0 Å². The number of carboxylic acids is 1. The summed E-state index contributed by atoms with van der Waals surface area (Å²) >= 11 is 1.84. The maximum Gasteiger partial charge on any atom is 0.323 e. The van der Waals surface area contributed by atoms with Crippen molar-refractivity contribution < 1.29 is 9.90 Å². The molecule has 0 amide bonds. The maximum atomic E-state index is 11.8. The Morgan fingerprint density at radius 3 is 2.62 bits per heavy atom. The van der Waals surface area contributed by atoms with Gasteiger partial charge < -0.3 is 5.11 Å². The maximum absolute atomic E-state index is 11.8. The molecule has 3 rings (SSSR count). The van der Waals surface area contributed by atoms with Gasteiger partial charge >= 0.3 is 5.97 Å². The second-order valence-corrected chi connectivity index (χ2v) is 7.83. The highest BCUT2D eigenvalue weighted by Gasteiger charge is 2.46. The quantitative estimate of drug-likeness (QED) is 0.872. The molecule has 114 valence electrons. The number of aliphatic carboxylic acids is 1. The van der Waals surface area contributed by atoms with Gasteiger partial charge in [0.15, 0.2) is 0 Å². The molecule has 0 bridgehead atoms. The number of rotatable bonds is 5. The first-order valence-corrected chi connectivity index (χ1v) is 8.70. The standard InChI is InChI=1S/C17H23NO2S/c1-12-4-8-14(9-5-12)21-15-3-2-10-17(11-15,16(19)20)18-13-6-7-13/h4-5,8-9,13,15,18H,2-3,6-7,10-11H2,1H3,(H,19,20). The Labute approximate surface area is 130 Å². The fraction of sp³-hybridized carbons (Fsp3) is 0.588. The Morgan fingerprint density at radius 2 is 2.00 bits per heavy atom. The molecule has 0 aromatic heterocycles. The van der Waals surface area contributed by atoms with Crippen molar-refractivity contribution in [2.45, 2.75) is 67.2 Å².